The Balaban J connectivity index is 1.78. The van der Waals surface area contributed by atoms with Crippen molar-refractivity contribution in [2.75, 3.05) is 0 Å². The van der Waals surface area contributed by atoms with E-state index in [9.17, 15) is 14.7 Å². The molecule has 27 heavy (non-hydrogen) atoms. The molecule has 1 amide bonds. The van der Waals surface area contributed by atoms with E-state index in [0.717, 1.165) is 27.8 Å². The number of thiocarbonyl (C=S) groups is 1. The Morgan fingerprint density at radius 1 is 1.11 bits per heavy atom. The molecule has 2 aromatic carbocycles. The highest BCUT2D eigenvalue weighted by molar-refractivity contribution is 8.26. The number of amides is 1. The third-order valence-corrected chi connectivity index (χ3v) is 5.36. The molecule has 0 bridgehead atoms. The molecule has 0 radical (unpaired) electrons. The van der Waals surface area contributed by atoms with Crippen molar-refractivity contribution in [2.45, 2.75) is 12.5 Å². The summed E-state index contributed by atoms with van der Waals surface area (Å²) in [4.78, 5) is 25.9. The van der Waals surface area contributed by atoms with Crippen molar-refractivity contribution >= 4 is 46.3 Å². The van der Waals surface area contributed by atoms with Crippen molar-refractivity contribution in [3.05, 3.63) is 88.8 Å². The number of hydrogen-bond donors (Lipinski definition) is 0. The van der Waals surface area contributed by atoms with Crippen LogP contribution in [-0.2, 0) is 16.0 Å². The van der Waals surface area contributed by atoms with E-state index in [2.05, 4.69) is 0 Å². The van der Waals surface area contributed by atoms with Crippen LogP contribution in [0.25, 0.3) is 6.08 Å². The molecule has 0 aliphatic carbocycles. The molecule has 1 heterocycles. The van der Waals surface area contributed by atoms with E-state index in [4.69, 9.17) is 12.2 Å². The number of benzene rings is 2. The Labute approximate surface area is 167 Å². The predicted octanol–water partition coefficient (Wildman–Crippen LogP) is 2.81. The van der Waals surface area contributed by atoms with Gasteiger partial charge in [0.05, 0.1) is 16.9 Å². The molecular weight excluding hydrogens is 378 g/mol. The maximum absolute atomic E-state index is 12.7. The summed E-state index contributed by atoms with van der Waals surface area (Å²) in [6.45, 7) is 0. The number of carbonyl (C=O) groups is 2. The van der Waals surface area contributed by atoms with Crippen molar-refractivity contribution in [2.24, 2.45) is 0 Å². The number of carboxylic acid groups (broad SMARTS) is 1. The third-order valence-electron chi connectivity index (χ3n) is 4.02. The van der Waals surface area contributed by atoms with Gasteiger partial charge in [0.2, 0.25) is 0 Å². The van der Waals surface area contributed by atoms with Gasteiger partial charge >= 0.3 is 0 Å². The summed E-state index contributed by atoms with van der Waals surface area (Å²) in [7, 11) is 0. The van der Waals surface area contributed by atoms with E-state index < -0.39 is 17.9 Å². The fourth-order valence-corrected chi connectivity index (χ4v) is 4.00. The maximum atomic E-state index is 12.7. The first kappa shape index (κ1) is 19.1. The van der Waals surface area contributed by atoms with Crippen LogP contribution in [0.1, 0.15) is 11.1 Å². The van der Waals surface area contributed by atoms with Crippen LogP contribution in [0.5, 0.6) is 0 Å². The zero-order chi connectivity index (χ0) is 19.2. The number of rotatable bonds is 6. The molecule has 4 nitrogen and oxygen atoms in total. The van der Waals surface area contributed by atoms with Crippen LogP contribution in [0, 0.1) is 0 Å². The summed E-state index contributed by atoms with van der Waals surface area (Å²) >= 11 is 6.36. The lowest BCUT2D eigenvalue weighted by Gasteiger charge is -2.27. The SMILES string of the molecule is O=C([O-])[C@@H](Cc1ccccc1)N1C(=O)/C(=C/C=C/c2ccccc2)SC1=S. The van der Waals surface area contributed by atoms with E-state index >= 15 is 0 Å². The minimum Gasteiger partial charge on any atom is -0.548 e. The third kappa shape index (κ3) is 4.72. The van der Waals surface area contributed by atoms with Crippen LogP contribution in [0.4, 0.5) is 0 Å². The van der Waals surface area contributed by atoms with Crippen molar-refractivity contribution in [3.63, 3.8) is 0 Å². The molecule has 1 aliphatic heterocycles. The number of allylic oxidation sites excluding steroid dienone is 2. The molecule has 0 spiro atoms. The second-order valence-electron chi connectivity index (χ2n) is 5.87. The molecule has 0 saturated carbocycles. The molecule has 1 saturated heterocycles. The van der Waals surface area contributed by atoms with Gasteiger partial charge in [0.1, 0.15) is 4.32 Å². The van der Waals surface area contributed by atoms with E-state index in [1.54, 1.807) is 12.2 Å². The van der Waals surface area contributed by atoms with Gasteiger partial charge in [0, 0.05) is 0 Å². The second-order valence-corrected chi connectivity index (χ2v) is 7.54. The Kier molecular flexibility index (Phi) is 6.21. The van der Waals surface area contributed by atoms with Crippen molar-refractivity contribution in [1.29, 1.82) is 0 Å². The predicted molar refractivity (Wildman–Crippen MR) is 110 cm³/mol. The fourth-order valence-electron chi connectivity index (χ4n) is 2.69. The summed E-state index contributed by atoms with van der Waals surface area (Å²) in [5.41, 5.74) is 1.80. The number of carbonyl (C=O) groups excluding carboxylic acids is 2. The zero-order valence-electron chi connectivity index (χ0n) is 14.3. The number of hydrogen-bond acceptors (Lipinski definition) is 5. The first-order chi connectivity index (χ1) is 13.1. The van der Waals surface area contributed by atoms with E-state index in [0.29, 0.717) is 4.91 Å². The first-order valence-electron chi connectivity index (χ1n) is 8.30. The highest BCUT2D eigenvalue weighted by Gasteiger charge is 2.37. The first-order valence-corrected chi connectivity index (χ1v) is 9.52. The Morgan fingerprint density at radius 2 is 1.74 bits per heavy atom. The van der Waals surface area contributed by atoms with E-state index in [1.807, 2.05) is 66.7 Å². The molecule has 2 aromatic rings. The minimum atomic E-state index is -1.32. The van der Waals surface area contributed by atoms with Crippen LogP contribution in [0.15, 0.2) is 77.7 Å². The molecule has 136 valence electrons. The second kappa shape index (κ2) is 8.79. The highest BCUT2D eigenvalue weighted by Crippen LogP contribution is 2.33. The smallest absolute Gasteiger partial charge is 0.266 e. The average Bonchev–Trinajstić information content (AvgIpc) is 2.95. The lowest BCUT2D eigenvalue weighted by atomic mass is 10.0. The van der Waals surface area contributed by atoms with Gasteiger partial charge in [0.25, 0.3) is 5.91 Å². The van der Waals surface area contributed by atoms with Gasteiger partial charge in [-0.2, -0.15) is 0 Å². The normalized spacial score (nSPS) is 17.0. The molecular formula is C21H16NO3S2-. The van der Waals surface area contributed by atoms with Gasteiger partial charge in [-0.25, -0.2) is 0 Å². The minimum absolute atomic E-state index is 0.142. The summed E-state index contributed by atoms with van der Waals surface area (Å²) in [5.74, 6) is -1.73. The van der Waals surface area contributed by atoms with Crippen LogP contribution in [-0.4, -0.2) is 27.1 Å². The standard InChI is InChI=1S/C21H17NO3S2/c23-19-18(13-7-12-15-8-3-1-4-9-15)27-21(26)22(19)17(20(24)25)14-16-10-5-2-6-11-16/h1-13,17H,14H2,(H,24,25)/p-1/b12-7+,18-13-/t17-/m1/s1. The van der Waals surface area contributed by atoms with Gasteiger partial charge < -0.3 is 9.90 Å². The quantitative estimate of drug-likeness (QED) is 0.557. The monoisotopic (exact) mass is 394 g/mol. The lowest BCUT2D eigenvalue weighted by Crippen LogP contribution is -2.51. The number of nitrogens with zero attached hydrogens (tertiary/aromatic N) is 1. The molecule has 1 aliphatic rings. The topological polar surface area (TPSA) is 60.4 Å². The van der Waals surface area contributed by atoms with Gasteiger partial charge in [-0.15, -0.1) is 0 Å². The average molecular weight is 394 g/mol. The molecule has 0 N–H and O–H groups in total. The summed E-state index contributed by atoms with van der Waals surface area (Å²) in [6.07, 6.45) is 5.42. The van der Waals surface area contributed by atoms with Gasteiger partial charge in [-0.1, -0.05) is 96.8 Å². The molecule has 0 unspecified atom stereocenters. The van der Waals surface area contributed by atoms with Crippen LogP contribution in [0.2, 0.25) is 0 Å². The Morgan fingerprint density at radius 3 is 2.37 bits per heavy atom. The van der Waals surface area contributed by atoms with E-state index in [-0.39, 0.29) is 10.7 Å². The Bertz CT molecular complexity index is 908. The highest BCUT2D eigenvalue weighted by atomic mass is 32.2. The fraction of sp³-hybridized carbons (Fsp3) is 0.0952. The number of aliphatic carboxylic acids is 1. The van der Waals surface area contributed by atoms with Crippen LogP contribution >= 0.6 is 24.0 Å². The summed E-state index contributed by atoms with van der Waals surface area (Å²) < 4.78 is 0.226. The number of carboxylic acids is 1. The number of thioether (sulfide) groups is 1. The summed E-state index contributed by atoms with van der Waals surface area (Å²) in [5, 5.41) is 11.7. The van der Waals surface area contributed by atoms with Gasteiger partial charge in [-0.05, 0) is 23.6 Å². The van der Waals surface area contributed by atoms with Crippen molar-refractivity contribution < 1.29 is 14.7 Å². The van der Waals surface area contributed by atoms with Crippen LogP contribution < -0.4 is 5.11 Å². The molecule has 1 fully saturated rings. The van der Waals surface area contributed by atoms with E-state index in [1.165, 1.54) is 0 Å². The van der Waals surface area contributed by atoms with Crippen LogP contribution in [0.3, 0.4) is 0 Å². The maximum Gasteiger partial charge on any atom is 0.266 e. The zero-order valence-corrected chi connectivity index (χ0v) is 15.9. The molecule has 6 heteroatoms. The summed E-state index contributed by atoms with van der Waals surface area (Å²) in [6, 6.07) is 17.6. The van der Waals surface area contributed by atoms with Crippen molar-refractivity contribution in [3.8, 4) is 0 Å². The van der Waals surface area contributed by atoms with Crippen molar-refractivity contribution in [1.82, 2.24) is 4.90 Å². The van der Waals surface area contributed by atoms with Gasteiger partial charge in [0.15, 0.2) is 0 Å². The molecule has 0 aromatic heterocycles. The van der Waals surface area contributed by atoms with Gasteiger partial charge in [-0.3, -0.25) is 9.69 Å². The molecule has 3 rings (SSSR count). The largest absolute Gasteiger partial charge is 0.548 e. The molecule has 1 atom stereocenters. The Hall–Kier alpha value is -2.70. The lowest BCUT2D eigenvalue weighted by molar-refractivity contribution is -0.310.